The smallest absolute Gasteiger partial charge is 0.250 e. The maximum atomic E-state index is 12.1. The van der Waals surface area contributed by atoms with Gasteiger partial charge in [-0.3, -0.25) is 4.79 Å². The molecule has 130 valence electrons. The second-order valence-electron chi connectivity index (χ2n) is 5.08. The lowest BCUT2D eigenvalue weighted by Crippen LogP contribution is -2.37. The Labute approximate surface area is 146 Å². The van der Waals surface area contributed by atoms with Crippen molar-refractivity contribution < 1.29 is 17.9 Å². The van der Waals surface area contributed by atoms with E-state index in [2.05, 4.69) is 4.72 Å². The summed E-state index contributed by atoms with van der Waals surface area (Å²) in [6, 6.07) is 10.7. The fourth-order valence-electron chi connectivity index (χ4n) is 2.19. The molecule has 1 N–H and O–H groups in total. The molecule has 0 spiro atoms. The highest BCUT2D eigenvalue weighted by atomic mass is 32.2. The molecule has 2 rings (SSSR count). The van der Waals surface area contributed by atoms with E-state index in [9.17, 15) is 13.2 Å². The Morgan fingerprint density at radius 3 is 2.62 bits per heavy atom. The Balaban J connectivity index is 1.98. The van der Waals surface area contributed by atoms with Crippen LogP contribution in [0.15, 0.2) is 46.0 Å². The van der Waals surface area contributed by atoms with Crippen LogP contribution in [-0.4, -0.2) is 39.4 Å². The molecule has 24 heavy (non-hydrogen) atoms. The fourth-order valence-corrected chi connectivity index (χ4v) is 4.25. The van der Waals surface area contributed by atoms with Crippen LogP contribution < -0.4 is 9.46 Å². The number of hydrogen-bond acceptors (Lipinski definition) is 5. The van der Waals surface area contributed by atoms with Gasteiger partial charge in [-0.15, -0.1) is 11.3 Å². The first-order valence-electron chi connectivity index (χ1n) is 7.34. The van der Waals surface area contributed by atoms with E-state index in [0.29, 0.717) is 12.3 Å². The number of carbonyl (C=O) groups excluding carboxylic acids is 1. The third-order valence-electron chi connectivity index (χ3n) is 3.43. The number of benzene rings is 1. The van der Waals surface area contributed by atoms with Crippen molar-refractivity contribution in [2.75, 3.05) is 20.2 Å². The van der Waals surface area contributed by atoms with E-state index < -0.39 is 10.0 Å². The Bertz CT molecular complexity index is 773. The molecule has 2 aromatic rings. The fraction of sp³-hybridized carbons (Fsp3) is 0.312. The van der Waals surface area contributed by atoms with Crippen molar-refractivity contribution in [2.24, 2.45) is 0 Å². The van der Waals surface area contributed by atoms with Gasteiger partial charge < -0.3 is 9.64 Å². The highest BCUT2D eigenvalue weighted by Crippen LogP contribution is 2.19. The summed E-state index contributed by atoms with van der Waals surface area (Å²) < 4.78 is 32.2. The summed E-state index contributed by atoms with van der Waals surface area (Å²) in [4.78, 5) is 13.4. The molecule has 1 heterocycles. The van der Waals surface area contributed by atoms with Crippen LogP contribution in [0.25, 0.3) is 0 Å². The van der Waals surface area contributed by atoms with Gasteiger partial charge in [0, 0.05) is 32.1 Å². The summed E-state index contributed by atoms with van der Waals surface area (Å²) >= 11 is 1.16. The van der Waals surface area contributed by atoms with Crippen molar-refractivity contribution in [1.29, 1.82) is 0 Å². The SMILES string of the molecule is COc1ccccc1CN(CCNS(=O)(=O)c1cccs1)C(C)=O. The molecule has 0 aliphatic heterocycles. The summed E-state index contributed by atoms with van der Waals surface area (Å²) in [6.45, 7) is 2.25. The average Bonchev–Trinajstić information content (AvgIpc) is 3.09. The quantitative estimate of drug-likeness (QED) is 0.774. The van der Waals surface area contributed by atoms with Crippen molar-refractivity contribution in [3.05, 3.63) is 47.3 Å². The molecule has 0 atom stereocenters. The van der Waals surface area contributed by atoms with Crippen LogP contribution >= 0.6 is 11.3 Å². The first-order chi connectivity index (χ1) is 11.4. The van der Waals surface area contributed by atoms with Gasteiger partial charge in [0.1, 0.15) is 9.96 Å². The van der Waals surface area contributed by atoms with E-state index in [0.717, 1.165) is 16.9 Å². The molecule has 0 aliphatic carbocycles. The summed E-state index contributed by atoms with van der Waals surface area (Å²) in [5, 5.41) is 1.71. The maximum absolute atomic E-state index is 12.1. The molecular weight excluding hydrogens is 348 g/mol. The molecule has 1 amide bonds. The zero-order chi connectivity index (χ0) is 17.6. The second-order valence-corrected chi connectivity index (χ2v) is 8.02. The molecular formula is C16H20N2O4S2. The van der Waals surface area contributed by atoms with E-state index in [4.69, 9.17) is 4.74 Å². The number of sulfonamides is 1. The highest BCUT2D eigenvalue weighted by Gasteiger charge is 2.17. The van der Waals surface area contributed by atoms with Gasteiger partial charge in [-0.2, -0.15) is 0 Å². The van der Waals surface area contributed by atoms with Crippen LogP contribution in [0.4, 0.5) is 0 Å². The molecule has 0 radical (unpaired) electrons. The zero-order valence-corrected chi connectivity index (χ0v) is 15.2. The Kier molecular flexibility index (Phi) is 6.36. The number of carbonyl (C=O) groups is 1. The van der Waals surface area contributed by atoms with Crippen molar-refractivity contribution in [1.82, 2.24) is 9.62 Å². The third kappa shape index (κ3) is 4.80. The molecule has 8 heteroatoms. The summed E-state index contributed by atoms with van der Waals surface area (Å²) in [5.74, 6) is 0.569. The van der Waals surface area contributed by atoms with Gasteiger partial charge in [-0.05, 0) is 17.5 Å². The molecule has 0 bridgehead atoms. The first-order valence-corrected chi connectivity index (χ1v) is 9.71. The molecule has 0 fully saturated rings. The Morgan fingerprint density at radius 1 is 1.25 bits per heavy atom. The lowest BCUT2D eigenvalue weighted by molar-refractivity contribution is -0.129. The third-order valence-corrected chi connectivity index (χ3v) is 6.29. The molecule has 0 saturated heterocycles. The first kappa shape index (κ1) is 18.4. The number of thiophene rings is 1. The van der Waals surface area contributed by atoms with Crippen LogP contribution in [0, 0.1) is 0 Å². The van der Waals surface area contributed by atoms with Crippen LogP contribution in [0.2, 0.25) is 0 Å². The van der Waals surface area contributed by atoms with Crippen molar-refractivity contribution >= 4 is 27.3 Å². The lowest BCUT2D eigenvalue weighted by atomic mass is 10.2. The lowest BCUT2D eigenvalue weighted by Gasteiger charge is -2.22. The van der Waals surface area contributed by atoms with Crippen LogP contribution in [0.3, 0.4) is 0 Å². The Hall–Kier alpha value is -1.90. The summed E-state index contributed by atoms with van der Waals surface area (Å²) in [5.41, 5.74) is 0.872. The highest BCUT2D eigenvalue weighted by molar-refractivity contribution is 7.91. The van der Waals surface area contributed by atoms with Crippen molar-refractivity contribution in [3.8, 4) is 5.75 Å². The number of ether oxygens (including phenoxy) is 1. The van der Waals surface area contributed by atoms with Gasteiger partial charge in [0.2, 0.25) is 15.9 Å². The number of hydrogen-bond donors (Lipinski definition) is 1. The van der Waals surface area contributed by atoms with Crippen molar-refractivity contribution in [2.45, 2.75) is 17.7 Å². The van der Waals surface area contributed by atoms with Gasteiger partial charge in [-0.25, -0.2) is 13.1 Å². The van der Waals surface area contributed by atoms with Gasteiger partial charge >= 0.3 is 0 Å². The number of para-hydroxylation sites is 1. The topological polar surface area (TPSA) is 75.7 Å². The number of rotatable bonds is 8. The van der Waals surface area contributed by atoms with Gasteiger partial charge in [0.25, 0.3) is 0 Å². The van der Waals surface area contributed by atoms with E-state index in [-0.39, 0.29) is 23.2 Å². The second kappa shape index (κ2) is 8.27. The molecule has 0 saturated carbocycles. The van der Waals surface area contributed by atoms with E-state index in [1.807, 2.05) is 24.3 Å². The minimum atomic E-state index is -3.52. The van der Waals surface area contributed by atoms with Crippen molar-refractivity contribution in [3.63, 3.8) is 0 Å². The zero-order valence-electron chi connectivity index (χ0n) is 13.6. The molecule has 0 aliphatic rings. The number of nitrogens with one attached hydrogen (secondary N) is 1. The van der Waals surface area contributed by atoms with E-state index in [1.165, 1.54) is 6.92 Å². The predicted molar refractivity (Wildman–Crippen MR) is 93.6 cm³/mol. The van der Waals surface area contributed by atoms with Crippen LogP contribution in [0.5, 0.6) is 5.75 Å². The largest absolute Gasteiger partial charge is 0.496 e. The minimum Gasteiger partial charge on any atom is -0.496 e. The van der Waals surface area contributed by atoms with E-state index in [1.54, 1.807) is 29.5 Å². The molecule has 1 aromatic heterocycles. The van der Waals surface area contributed by atoms with Gasteiger partial charge in [0.05, 0.1) is 7.11 Å². The average molecular weight is 368 g/mol. The van der Waals surface area contributed by atoms with Gasteiger partial charge in [0.15, 0.2) is 0 Å². The van der Waals surface area contributed by atoms with E-state index >= 15 is 0 Å². The summed E-state index contributed by atoms with van der Waals surface area (Å²) in [7, 11) is -1.94. The molecule has 6 nitrogen and oxygen atoms in total. The normalized spacial score (nSPS) is 11.2. The number of methoxy groups -OCH3 is 1. The monoisotopic (exact) mass is 368 g/mol. The molecule has 0 unspecified atom stereocenters. The minimum absolute atomic E-state index is 0.128. The predicted octanol–water partition coefficient (Wildman–Crippen LogP) is 2.08. The number of amides is 1. The standard InChI is InChI=1S/C16H20N2O4S2/c1-13(19)18(12-14-6-3-4-7-15(14)22-2)10-9-17-24(20,21)16-8-5-11-23-16/h3-8,11,17H,9-10,12H2,1-2H3. The number of nitrogens with zero attached hydrogens (tertiary/aromatic N) is 1. The molecule has 1 aromatic carbocycles. The summed E-state index contributed by atoms with van der Waals surface area (Å²) in [6.07, 6.45) is 0. The van der Waals surface area contributed by atoms with Crippen LogP contribution in [0.1, 0.15) is 12.5 Å². The Morgan fingerprint density at radius 2 is 2.00 bits per heavy atom. The van der Waals surface area contributed by atoms with Gasteiger partial charge in [-0.1, -0.05) is 24.3 Å². The van der Waals surface area contributed by atoms with Crippen LogP contribution in [-0.2, 0) is 21.4 Å². The maximum Gasteiger partial charge on any atom is 0.250 e.